The fraction of sp³-hybridized carbons (Fsp3) is 0.611. The molecule has 0 aliphatic rings. The number of likely N-dealkylation sites (N-methyl/N-ethyl adjacent to an activating group) is 1. The van der Waals surface area contributed by atoms with Crippen LogP contribution >= 0.6 is 0 Å². The Labute approximate surface area is 140 Å². The molecule has 2 atom stereocenters. The van der Waals surface area contributed by atoms with Crippen LogP contribution in [0, 0.1) is 0 Å². The molecule has 0 unspecified atom stereocenters. The number of amides is 1. The van der Waals surface area contributed by atoms with Crippen molar-refractivity contribution in [2.75, 3.05) is 27.3 Å². The lowest BCUT2D eigenvalue weighted by Gasteiger charge is -2.30. The summed E-state index contributed by atoms with van der Waals surface area (Å²) in [6.07, 6.45) is -0.416. The summed E-state index contributed by atoms with van der Waals surface area (Å²) in [6, 6.07) is 10.4. The lowest BCUT2D eigenvalue weighted by atomic mass is 10.1. The number of methoxy groups -OCH3 is 1. The average molecular weight is 322 g/mol. The number of carbonyl (C=O) groups is 1. The molecular weight excluding hydrogens is 292 g/mol. The first-order valence-electron chi connectivity index (χ1n) is 7.96. The predicted octanol–water partition coefficient (Wildman–Crippen LogP) is 3.22. The van der Waals surface area contributed by atoms with E-state index in [2.05, 4.69) is 29.3 Å². The molecular formula is C18H30N2O3. The van der Waals surface area contributed by atoms with Gasteiger partial charge in [-0.2, -0.15) is 0 Å². The molecule has 0 heterocycles. The minimum absolute atomic E-state index is 0.133. The van der Waals surface area contributed by atoms with Gasteiger partial charge in [0.05, 0.1) is 12.6 Å². The van der Waals surface area contributed by atoms with Crippen molar-refractivity contribution in [2.45, 2.75) is 45.4 Å². The molecule has 1 amide bonds. The molecule has 5 nitrogen and oxygen atoms in total. The smallest absolute Gasteiger partial charge is 0.407 e. The normalized spacial score (nSPS) is 14.4. The summed E-state index contributed by atoms with van der Waals surface area (Å²) in [5.41, 5.74) is 0.730. The van der Waals surface area contributed by atoms with Crippen LogP contribution in [0.3, 0.4) is 0 Å². The third-order valence-corrected chi connectivity index (χ3v) is 3.54. The molecule has 1 aromatic carbocycles. The van der Waals surface area contributed by atoms with E-state index in [1.54, 1.807) is 7.11 Å². The van der Waals surface area contributed by atoms with E-state index < -0.39 is 11.7 Å². The molecule has 0 aliphatic heterocycles. The highest BCUT2D eigenvalue weighted by Gasteiger charge is 2.22. The predicted molar refractivity (Wildman–Crippen MR) is 92.5 cm³/mol. The number of ether oxygens (including phenoxy) is 2. The highest BCUT2D eigenvalue weighted by Crippen LogP contribution is 2.18. The number of nitrogens with one attached hydrogen (secondary N) is 1. The summed E-state index contributed by atoms with van der Waals surface area (Å²) in [5.74, 6) is 0. The molecule has 1 aromatic rings. The van der Waals surface area contributed by atoms with Crippen molar-refractivity contribution in [3.63, 3.8) is 0 Å². The standard InChI is InChI=1S/C18H30N2O3/c1-14(15-10-8-7-9-11-15)20(5)12-16(13-22-6)19-17(21)23-18(2,3)4/h7-11,14,16H,12-13H2,1-6H3,(H,19,21)/t14-,16+/m1/s1. The third-order valence-electron chi connectivity index (χ3n) is 3.54. The average Bonchev–Trinajstić information content (AvgIpc) is 2.45. The van der Waals surface area contributed by atoms with Gasteiger partial charge in [0.1, 0.15) is 5.60 Å². The number of rotatable bonds is 7. The number of alkyl carbamates (subject to hydrolysis) is 1. The van der Waals surface area contributed by atoms with Crippen LogP contribution in [0.2, 0.25) is 0 Å². The SMILES string of the molecule is COC[C@H](CN(C)[C@H](C)c1ccccc1)NC(=O)OC(C)(C)C. The molecule has 0 aromatic heterocycles. The Morgan fingerprint density at radius 1 is 1.26 bits per heavy atom. The topological polar surface area (TPSA) is 50.8 Å². The van der Waals surface area contributed by atoms with Crippen molar-refractivity contribution in [3.8, 4) is 0 Å². The maximum Gasteiger partial charge on any atom is 0.407 e. The number of hydrogen-bond acceptors (Lipinski definition) is 4. The van der Waals surface area contributed by atoms with Crippen molar-refractivity contribution in [2.24, 2.45) is 0 Å². The van der Waals surface area contributed by atoms with E-state index >= 15 is 0 Å². The van der Waals surface area contributed by atoms with Gasteiger partial charge in [0.25, 0.3) is 0 Å². The summed E-state index contributed by atoms with van der Waals surface area (Å²) < 4.78 is 10.5. The van der Waals surface area contributed by atoms with Crippen molar-refractivity contribution >= 4 is 6.09 Å². The summed E-state index contributed by atoms with van der Waals surface area (Å²) in [5, 5.41) is 2.88. The molecule has 0 spiro atoms. The molecule has 0 saturated heterocycles. The minimum atomic E-state index is -0.509. The van der Waals surface area contributed by atoms with Crippen LogP contribution in [0.1, 0.15) is 39.3 Å². The minimum Gasteiger partial charge on any atom is -0.444 e. The molecule has 1 rings (SSSR count). The van der Waals surface area contributed by atoms with Crippen LogP contribution in [0.25, 0.3) is 0 Å². The van der Waals surface area contributed by atoms with Crippen LogP contribution in [0.4, 0.5) is 4.79 Å². The second kappa shape index (κ2) is 8.89. The van der Waals surface area contributed by atoms with Gasteiger partial charge >= 0.3 is 6.09 Å². The second-order valence-electron chi connectivity index (χ2n) is 6.82. The van der Waals surface area contributed by atoms with Gasteiger partial charge in [-0.15, -0.1) is 0 Å². The first-order chi connectivity index (χ1) is 10.7. The van der Waals surface area contributed by atoms with E-state index in [1.165, 1.54) is 5.56 Å². The van der Waals surface area contributed by atoms with Crippen LogP contribution in [-0.4, -0.2) is 49.9 Å². The second-order valence-corrected chi connectivity index (χ2v) is 6.82. The van der Waals surface area contributed by atoms with E-state index in [4.69, 9.17) is 9.47 Å². The zero-order valence-corrected chi connectivity index (χ0v) is 15.1. The van der Waals surface area contributed by atoms with Gasteiger partial charge in [0, 0.05) is 19.7 Å². The van der Waals surface area contributed by atoms with Crippen molar-refractivity contribution in [1.82, 2.24) is 10.2 Å². The lowest BCUT2D eigenvalue weighted by Crippen LogP contribution is -2.47. The Bertz CT molecular complexity index is 471. The van der Waals surface area contributed by atoms with E-state index in [-0.39, 0.29) is 12.1 Å². The fourth-order valence-corrected chi connectivity index (χ4v) is 2.31. The first-order valence-corrected chi connectivity index (χ1v) is 7.96. The van der Waals surface area contributed by atoms with Crippen molar-refractivity contribution < 1.29 is 14.3 Å². The van der Waals surface area contributed by atoms with Gasteiger partial charge in [-0.25, -0.2) is 4.79 Å². The Morgan fingerprint density at radius 2 is 1.87 bits per heavy atom. The molecule has 130 valence electrons. The quantitative estimate of drug-likeness (QED) is 0.837. The molecule has 0 saturated carbocycles. The zero-order valence-electron chi connectivity index (χ0n) is 15.1. The Kier molecular flexibility index (Phi) is 7.52. The highest BCUT2D eigenvalue weighted by molar-refractivity contribution is 5.68. The number of benzene rings is 1. The Balaban J connectivity index is 2.62. The maximum atomic E-state index is 12.0. The van der Waals surface area contributed by atoms with Gasteiger partial charge in [-0.3, -0.25) is 4.90 Å². The molecule has 1 N–H and O–H groups in total. The summed E-state index contributed by atoms with van der Waals surface area (Å²) in [6.45, 7) is 8.80. The van der Waals surface area contributed by atoms with Crippen LogP contribution in [0.15, 0.2) is 30.3 Å². The number of carbonyl (C=O) groups excluding carboxylic acids is 1. The molecule has 0 fully saturated rings. The van der Waals surface area contributed by atoms with Crippen LogP contribution in [0.5, 0.6) is 0 Å². The van der Waals surface area contributed by atoms with Crippen molar-refractivity contribution in [1.29, 1.82) is 0 Å². The summed E-state index contributed by atoms with van der Waals surface area (Å²) in [7, 11) is 3.67. The van der Waals surface area contributed by atoms with Crippen LogP contribution in [-0.2, 0) is 9.47 Å². The van der Waals surface area contributed by atoms with E-state index in [0.717, 1.165) is 0 Å². The van der Waals surface area contributed by atoms with E-state index in [0.29, 0.717) is 13.2 Å². The van der Waals surface area contributed by atoms with Gasteiger partial charge in [-0.05, 0) is 40.3 Å². The molecule has 5 heteroatoms. The zero-order chi connectivity index (χ0) is 17.5. The fourth-order valence-electron chi connectivity index (χ4n) is 2.31. The monoisotopic (exact) mass is 322 g/mol. The van der Waals surface area contributed by atoms with E-state index in [1.807, 2.05) is 46.0 Å². The Morgan fingerprint density at radius 3 is 2.39 bits per heavy atom. The van der Waals surface area contributed by atoms with Gasteiger partial charge in [-0.1, -0.05) is 30.3 Å². The first kappa shape index (κ1) is 19.5. The molecule has 0 bridgehead atoms. The van der Waals surface area contributed by atoms with Crippen molar-refractivity contribution in [3.05, 3.63) is 35.9 Å². The van der Waals surface area contributed by atoms with E-state index in [9.17, 15) is 4.79 Å². The highest BCUT2D eigenvalue weighted by atomic mass is 16.6. The molecule has 0 aliphatic carbocycles. The molecule has 0 radical (unpaired) electrons. The summed E-state index contributed by atoms with van der Waals surface area (Å²) in [4.78, 5) is 14.1. The van der Waals surface area contributed by atoms with Gasteiger partial charge in [0.2, 0.25) is 0 Å². The maximum absolute atomic E-state index is 12.0. The largest absolute Gasteiger partial charge is 0.444 e. The third kappa shape index (κ3) is 7.48. The van der Waals surface area contributed by atoms with Gasteiger partial charge < -0.3 is 14.8 Å². The number of hydrogen-bond donors (Lipinski definition) is 1. The molecule has 23 heavy (non-hydrogen) atoms. The Hall–Kier alpha value is -1.59. The number of nitrogens with zero attached hydrogens (tertiary/aromatic N) is 1. The summed E-state index contributed by atoms with van der Waals surface area (Å²) >= 11 is 0. The van der Waals surface area contributed by atoms with Gasteiger partial charge in [0.15, 0.2) is 0 Å². The lowest BCUT2D eigenvalue weighted by molar-refractivity contribution is 0.0442. The van der Waals surface area contributed by atoms with Crippen LogP contribution < -0.4 is 5.32 Å².